The van der Waals surface area contributed by atoms with Crippen molar-refractivity contribution >= 4 is 28.6 Å². The highest BCUT2D eigenvalue weighted by atomic mass is 35.5. The van der Waals surface area contributed by atoms with Crippen molar-refractivity contribution in [1.29, 1.82) is 0 Å². The minimum atomic E-state index is -0.973. The quantitative estimate of drug-likeness (QED) is 0.254. The first-order valence-corrected chi connectivity index (χ1v) is 14.0. The van der Waals surface area contributed by atoms with Gasteiger partial charge in [0.15, 0.2) is 0 Å². The molecule has 5 aromatic rings. The number of nitrogens with zero attached hydrogens (tertiary/aromatic N) is 7. The van der Waals surface area contributed by atoms with E-state index in [2.05, 4.69) is 24.4 Å². The summed E-state index contributed by atoms with van der Waals surface area (Å²) in [5, 5.41) is 9.90. The summed E-state index contributed by atoms with van der Waals surface area (Å²) in [6.45, 7) is 2.78. The molecule has 42 heavy (non-hydrogen) atoms. The Morgan fingerprint density at radius 1 is 1.12 bits per heavy atom. The third-order valence-electron chi connectivity index (χ3n) is 7.72. The van der Waals surface area contributed by atoms with Crippen molar-refractivity contribution in [2.75, 3.05) is 13.1 Å². The molecular weight excluding hydrogens is 561 g/mol. The SMILES string of the molecule is Cn1cncc1Cn1c(CN2CCC(c3nccnc3OCc3ccc(Cl)cc3F)CC2)nc2ccc(C(=O)O)cc21. The van der Waals surface area contributed by atoms with Crippen LogP contribution in [0.4, 0.5) is 4.39 Å². The van der Waals surface area contributed by atoms with Gasteiger partial charge in [0, 0.05) is 42.1 Å². The van der Waals surface area contributed by atoms with Gasteiger partial charge in [-0.2, -0.15) is 0 Å². The number of aromatic nitrogens is 6. The van der Waals surface area contributed by atoms with E-state index in [0.29, 0.717) is 29.6 Å². The molecule has 216 valence electrons. The number of hydrogen-bond acceptors (Lipinski definition) is 7. The predicted molar refractivity (Wildman–Crippen MR) is 154 cm³/mol. The summed E-state index contributed by atoms with van der Waals surface area (Å²) in [6.07, 6.45) is 8.48. The number of aromatic carboxylic acids is 1. The maximum atomic E-state index is 14.3. The molecule has 0 radical (unpaired) electrons. The highest BCUT2D eigenvalue weighted by Crippen LogP contribution is 2.33. The Morgan fingerprint density at radius 3 is 2.67 bits per heavy atom. The van der Waals surface area contributed by atoms with Gasteiger partial charge >= 0.3 is 5.97 Å². The molecule has 12 heteroatoms. The van der Waals surface area contributed by atoms with E-state index in [9.17, 15) is 14.3 Å². The number of hydrogen-bond donors (Lipinski definition) is 1. The van der Waals surface area contributed by atoms with Gasteiger partial charge in [-0.1, -0.05) is 17.7 Å². The molecule has 10 nitrogen and oxygen atoms in total. The number of piperidine rings is 1. The van der Waals surface area contributed by atoms with Crippen LogP contribution in [0.2, 0.25) is 5.02 Å². The van der Waals surface area contributed by atoms with Crippen LogP contribution in [-0.2, 0) is 26.7 Å². The Morgan fingerprint density at radius 2 is 1.93 bits per heavy atom. The predicted octanol–water partition coefficient (Wildman–Crippen LogP) is 5.06. The average molecular weight is 590 g/mol. The molecule has 1 N–H and O–H groups in total. The van der Waals surface area contributed by atoms with E-state index in [-0.39, 0.29) is 18.1 Å². The highest BCUT2D eigenvalue weighted by Gasteiger charge is 2.27. The van der Waals surface area contributed by atoms with Crippen molar-refractivity contribution in [2.24, 2.45) is 7.05 Å². The molecule has 0 saturated carbocycles. The maximum absolute atomic E-state index is 14.3. The number of carbonyl (C=O) groups is 1. The third kappa shape index (κ3) is 5.83. The van der Waals surface area contributed by atoms with Gasteiger partial charge in [0.2, 0.25) is 5.88 Å². The number of carboxylic acids is 1. The standard InChI is InChI=1S/C30H29ClFN7O3/c1-37-18-33-14-23(37)15-39-26-12-20(30(40)41)3-5-25(26)36-27(39)16-38-10-6-19(7-11-38)28-29(35-9-8-34-28)42-17-21-2-4-22(31)13-24(21)32/h2-5,8-9,12-14,18-19H,6-7,10-11,15-17H2,1H3,(H,40,41). The summed E-state index contributed by atoms with van der Waals surface area (Å²) in [7, 11) is 1.94. The number of imidazole rings is 2. The number of likely N-dealkylation sites (tertiary alicyclic amines) is 1. The molecule has 0 spiro atoms. The van der Waals surface area contributed by atoms with Gasteiger partial charge in [0.05, 0.1) is 41.7 Å². The van der Waals surface area contributed by atoms with Gasteiger partial charge in [0.25, 0.3) is 0 Å². The molecule has 0 bridgehead atoms. The van der Waals surface area contributed by atoms with E-state index in [1.54, 1.807) is 49.1 Å². The smallest absolute Gasteiger partial charge is 0.335 e. The van der Waals surface area contributed by atoms with Crippen LogP contribution in [0.1, 0.15) is 51.9 Å². The fourth-order valence-corrected chi connectivity index (χ4v) is 5.54. The average Bonchev–Trinajstić information content (AvgIpc) is 3.55. The highest BCUT2D eigenvalue weighted by molar-refractivity contribution is 6.30. The number of benzene rings is 2. The normalized spacial score (nSPS) is 14.5. The van der Waals surface area contributed by atoms with E-state index < -0.39 is 11.8 Å². The molecule has 1 aliphatic rings. The van der Waals surface area contributed by atoms with Crippen LogP contribution in [0.25, 0.3) is 11.0 Å². The summed E-state index contributed by atoms with van der Waals surface area (Å²) in [4.78, 5) is 32.1. The van der Waals surface area contributed by atoms with Gasteiger partial charge in [-0.3, -0.25) is 9.88 Å². The minimum Gasteiger partial charge on any atom is -0.478 e. The Hall–Kier alpha value is -4.35. The Bertz CT molecular complexity index is 1750. The van der Waals surface area contributed by atoms with Crippen LogP contribution in [0.3, 0.4) is 0 Å². The van der Waals surface area contributed by atoms with Crippen molar-refractivity contribution in [3.63, 3.8) is 0 Å². The number of rotatable bonds is 9. The summed E-state index contributed by atoms with van der Waals surface area (Å²) in [5.41, 5.74) is 3.92. The first-order valence-electron chi connectivity index (χ1n) is 13.6. The first kappa shape index (κ1) is 27.8. The second kappa shape index (κ2) is 11.9. The van der Waals surface area contributed by atoms with Crippen LogP contribution >= 0.6 is 11.6 Å². The largest absolute Gasteiger partial charge is 0.478 e. The molecule has 1 saturated heterocycles. The molecular formula is C30H29ClFN7O3. The molecule has 0 aliphatic carbocycles. The van der Waals surface area contributed by atoms with Crippen molar-refractivity contribution in [2.45, 2.75) is 38.5 Å². The zero-order chi connectivity index (χ0) is 29.2. The zero-order valence-corrected chi connectivity index (χ0v) is 23.7. The lowest BCUT2D eigenvalue weighted by molar-refractivity contribution is 0.0697. The Kier molecular flexibility index (Phi) is 7.86. The third-order valence-corrected chi connectivity index (χ3v) is 7.96. The molecule has 3 aromatic heterocycles. The van der Waals surface area contributed by atoms with Crippen molar-refractivity contribution in [3.05, 3.63) is 100 Å². The topological polar surface area (TPSA) is 111 Å². The number of aryl methyl sites for hydroxylation is 1. The molecule has 6 rings (SSSR count). The van der Waals surface area contributed by atoms with E-state index in [4.69, 9.17) is 21.3 Å². The molecule has 2 aromatic carbocycles. The fraction of sp³-hybridized carbons (Fsp3) is 0.300. The van der Waals surface area contributed by atoms with Crippen molar-refractivity contribution < 1.29 is 19.0 Å². The van der Waals surface area contributed by atoms with Crippen LogP contribution < -0.4 is 4.74 Å². The minimum absolute atomic E-state index is 0.0318. The van der Waals surface area contributed by atoms with Crippen molar-refractivity contribution in [1.82, 2.24) is 34.0 Å². The molecule has 4 heterocycles. The number of halogens is 2. The number of ether oxygens (including phenoxy) is 1. The van der Waals surface area contributed by atoms with Gasteiger partial charge < -0.3 is 19.0 Å². The van der Waals surface area contributed by atoms with Crippen LogP contribution in [0.5, 0.6) is 5.88 Å². The van der Waals surface area contributed by atoms with E-state index in [0.717, 1.165) is 54.2 Å². The Labute approximate surface area is 246 Å². The molecule has 1 aliphatic heterocycles. The van der Waals surface area contributed by atoms with Crippen LogP contribution in [0.15, 0.2) is 61.3 Å². The van der Waals surface area contributed by atoms with Crippen LogP contribution in [0, 0.1) is 5.82 Å². The summed E-state index contributed by atoms with van der Waals surface area (Å²) in [6, 6.07) is 9.54. The monoisotopic (exact) mass is 589 g/mol. The molecule has 0 amide bonds. The van der Waals surface area contributed by atoms with Crippen LogP contribution in [-0.4, -0.2) is 58.1 Å². The first-order chi connectivity index (χ1) is 20.4. The summed E-state index contributed by atoms with van der Waals surface area (Å²) >= 11 is 5.87. The zero-order valence-electron chi connectivity index (χ0n) is 23.0. The lowest BCUT2D eigenvalue weighted by Crippen LogP contribution is -2.34. The molecule has 1 fully saturated rings. The van der Waals surface area contributed by atoms with Gasteiger partial charge in [0.1, 0.15) is 23.9 Å². The van der Waals surface area contributed by atoms with E-state index >= 15 is 0 Å². The van der Waals surface area contributed by atoms with Gasteiger partial charge in [-0.05, 0) is 56.3 Å². The van der Waals surface area contributed by atoms with Gasteiger partial charge in [-0.15, -0.1) is 0 Å². The lowest BCUT2D eigenvalue weighted by atomic mass is 9.93. The molecule has 0 atom stereocenters. The van der Waals surface area contributed by atoms with E-state index in [1.165, 1.54) is 6.07 Å². The Balaban J connectivity index is 1.17. The fourth-order valence-electron chi connectivity index (χ4n) is 5.38. The summed E-state index contributed by atoms with van der Waals surface area (Å²) in [5.74, 6) is 0.0268. The van der Waals surface area contributed by atoms with Crippen molar-refractivity contribution in [3.8, 4) is 5.88 Å². The number of fused-ring (bicyclic) bond motifs is 1. The second-order valence-electron chi connectivity index (χ2n) is 10.4. The second-order valence-corrected chi connectivity index (χ2v) is 10.9. The lowest BCUT2D eigenvalue weighted by Gasteiger charge is -2.31. The number of carboxylic acid groups (broad SMARTS) is 1. The van der Waals surface area contributed by atoms with Gasteiger partial charge in [-0.25, -0.2) is 24.1 Å². The summed E-state index contributed by atoms with van der Waals surface area (Å²) < 4.78 is 24.2. The van der Waals surface area contributed by atoms with E-state index in [1.807, 2.05) is 17.8 Å². The molecule has 0 unspecified atom stereocenters. The maximum Gasteiger partial charge on any atom is 0.335 e.